The molecule has 4 rings (SSSR count). The Morgan fingerprint density at radius 1 is 1.23 bits per heavy atom. The molecule has 30 heavy (non-hydrogen) atoms. The summed E-state index contributed by atoms with van der Waals surface area (Å²) in [6, 6.07) is 7.89. The van der Waals surface area contributed by atoms with Crippen molar-refractivity contribution in [3.63, 3.8) is 0 Å². The Labute approximate surface area is 176 Å². The third-order valence-electron chi connectivity index (χ3n) is 5.94. The van der Waals surface area contributed by atoms with Crippen LogP contribution in [0.5, 0.6) is 5.75 Å². The summed E-state index contributed by atoms with van der Waals surface area (Å²) in [5.41, 5.74) is 0.893. The molecule has 162 valence electrons. The van der Waals surface area contributed by atoms with Gasteiger partial charge < -0.3 is 14.4 Å². The second-order valence-electron chi connectivity index (χ2n) is 8.17. The van der Waals surface area contributed by atoms with Crippen LogP contribution in [0.4, 0.5) is 0 Å². The van der Waals surface area contributed by atoms with E-state index < -0.39 is 0 Å². The van der Waals surface area contributed by atoms with Gasteiger partial charge in [-0.2, -0.15) is 5.10 Å². The second kappa shape index (κ2) is 9.04. The first-order chi connectivity index (χ1) is 14.6. The van der Waals surface area contributed by atoms with Crippen molar-refractivity contribution in [2.45, 2.75) is 50.6 Å². The normalized spacial score (nSPS) is 19.1. The Morgan fingerprint density at radius 3 is 2.80 bits per heavy atom. The molecule has 1 saturated carbocycles. The number of carbonyl (C=O) groups is 1. The van der Waals surface area contributed by atoms with Crippen LogP contribution < -0.4 is 10.4 Å². The first-order valence-electron chi connectivity index (χ1n) is 10.7. The molecule has 2 aromatic rings. The van der Waals surface area contributed by atoms with Crippen LogP contribution in [0.1, 0.15) is 49.0 Å². The third kappa shape index (κ3) is 4.43. The minimum Gasteiger partial charge on any atom is -0.497 e. The molecule has 1 amide bonds. The highest BCUT2D eigenvalue weighted by atomic mass is 16.5. The van der Waals surface area contributed by atoms with Gasteiger partial charge in [-0.3, -0.25) is 9.36 Å². The lowest BCUT2D eigenvalue weighted by Gasteiger charge is -2.32. The molecule has 1 unspecified atom stereocenters. The van der Waals surface area contributed by atoms with Gasteiger partial charge in [0.2, 0.25) is 5.91 Å². The molecule has 1 aliphatic heterocycles. The topological polar surface area (TPSA) is 78.6 Å². The number of ether oxygens (including phenoxy) is 2. The van der Waals surface area contributed by atoms with Crippen molar-refractivity contribution in [3.05, 3.63) is 46.1 Å². The summed E-state index contributed by atoms with van der Waals surface area (Å²) >= 11 is 0. The van der Waals surface area contributed by atoms with E-state index in [0.29, 0.717) is 26.1 Å². The molecule has 1 aliphatic carbocycles. The SMILES string of the molecule is COCCn1nc(C2CCCN(C(=O)Cc3cccc(OC)c3)C2)n(C2CC2)c1=O. The van der Waals surface area contributed by atoms with Crippen LogP contribution in [-0.4, -0.2) is 59.1 Å². The Hall–Kier alpha value is -2.61. The van der Waals surface area contributed by atoms with Crippen molar-refractivity contribution in [2.24, 2.45) is 0 Å². The number of carbonyl (C=O) groups excluding carboxylic acids is 1. The molecule has 0 radical (unpaired) electrons. The van der Waals surface area contributed by atoms with Gasteiger partial charge in [0, 0.05) is 32.2 Å². The van der Waals surface area contributed by atoms with E-state index in [4.69, 9.17) is 9.47 Å². The Bertz CT molecular complexity index is 947. The number of hydrogen-bond acceptors (Lipinski definition) is 5. The van der Waals surface area contributed by atoms with Crippen molar-refractivity contribution in [2.75, 3.05) is 33.9 Å². The van der Waals surface area contributed by atoms with Crippen LogP contribution in [0.15, 0.2) is 29.1 Å². The van der Waals surface area contributed by atoms with Crippen LogP contribution in [-0.2, 0) is 22.5 Å². The van der Waals surface area contributed by atoms with Gasteiger partial charge in [-0.15, -0.1) is 0 Å². The largest absolute Gasteiger partial charge is 0.497 e. The van der Waals surface area contributed by atoms with Crippen molar-refractivity contribution in [3.8, 4) is 5.75 Å². The van der Waals surface area contributed by atoms with E-state index in [1.165, 1.54) is 4.68 Å². The van der Waals surface area contributed by atoms with E-state index in [1.807, 2.05) is 33.7 Å². The van der Waals surface area contributed by atoms with Crippen molar-refractivity contribution >= 4 is 5.91 Å². The smallest absolute Gasteiger partial charge is 0.346 e. The molecule has 0 N–H and O–H groups in total. The average molecular weight is 415 g/mol. The zero-order valence-corrected chi connectivity index (χ0v) is 17.7. The predicted octanol–water partition coefficient (Wildman–Crippen LogP) is 1.98. The van der Waals surface area contributed by atoms with Gasteiger partial charge in [-0.25, -0.2) is 9.48 Å². The average Bonchev–Trinajstić information content (AvgIpc) is 3.55. The highest BCUT2D eigenvalue weighted by molar-refractivity contribution is 5.79. The molecule has 8 nitrogen and oxygen atoms in total. The second-order valence-corrected chi connectivity index (χ2v) is 8.17. The van der Waals surface area contributed by atoms with E-state index in [9.17, 15) is 9.59 Å². The summed E-state index contributed by atoms with van der Waals surface area (Å²) in [6.07, 6.45) is 4.25. The molecule has 2 fully saturated rings. The van der Waals surface area contributed by atoms with Crippen LogP contribution in [0.3, 0.4) is 0 Å². The maximum Gasteiger partial charge on any atom is 0.346 e. The molecule has 2 heterocycles. The predicted molar refractivity (Wildman–Crippen MR) is 112 cm³/mol. The molecule has 0 bridgehead atoms. The zero-order chi connectivity index (χ0) is 21.1. The van der Waals surface area contributed by atoms with Gasteiger partial charge >= 0.3 is 5.69 Å². The number of methoxy groups -OCH3 is 2. The summed E-state index contributed by atoms with van der Waals surface area (Å²) in [5.74, 6) is 1.78. The number of aromatic nitrogens is 3. The minimum atomic E-state index is -0.0515. The van der Waals surface area contributed by atoms with Crippen LogP contribution in [0.2, 0.25) is 0 Å². The number of likely N-dealkylation sites (tertiary alicyclic amines) is 1. The van der Waals surface area contributed by atoms with Gasteiger partial charge in [0.15, 0.2) is 0 Å². The number of benzene rings is 1. The maximum absolute atomic E-state index is 13.0. The lowest BCUT2D eigenvalue weighted by molar-refractivity contribution is -0.131. The van der Waals surface area contributed by atoms with Gasteiger partial charge in [-0.1, -0.05) is 12.1 Å². The lowest BCUT2D eigenvalue weighted by atomic mass is 9.96. The Morgan fingerprint density at radius 2 is 2.07 bits per heavy atom. The summed E-state index contributed by atoms with van der Waals surface area (Å²) in [6.45, 7) is 2.26. The summed E-state index contributed by atoms with van der Waals surface area (Å²) in [5, 5.41) is 4.67. The van der Waals surface area contributed by atoms with E-state index in [2.05, 4.69) is 5.10 Å². The Kier molecular flexibility index (Phi) is 6.22. The first kappa shape index (κ1) is 20.7. The van der Waals surface area contributed by atoms with E-state index in [-0.39, 0.29) is 23.6 Å². The zero-order valence-electron chi connectivity index (χ0n) is 17.7. The van der Waals surface area contributed by atoms with E-state index >= 15 is 0 Å². The van der Waals surface area contributed by atoms with E-state index in [0.717, 1.165) is 49.4 Å². The molecular weight excluding hydrogens is 384 g/mol. The number of rotatable bonds is 8. The van der Waals surface area contributed by atoms with Crippen molar-refractivity contribution in [1.29, 1.82) is 0 Å². The van der Waals surface area contributed by atoms with Crippen LogP contribution >= 0.6 is 0 Å². The van der Waals surface area contributed by atoms with Gasteiger partial charge in [0.25, 0.3) is 0 Å². The highest BCUT2D eigenvalue weighted by Gasteiger charge is 2.35. The monoisotopic (exact) mass is 414 g/mol. The van der Waals surface area contributed by atoms with Gasteiger partial charge in [0.1, 0.15) is 11.6 Å². The molecule has 0 spiro atoms. The third-order valence-corrected chi connectivity index (χ3v) is 5.94. The van der Waals surface area contributed by atoms with Gasteiger partial charge in [-0.05, 0) is 43.4 Å². The highest BCUT2D eigenvalue weighted by Crippen LogP contribution is 2.37. The van der Waals surface area contributed by atoms with Crippen LogP contribution in [0.25, 0.3) is 0 Å². The molecule has 1 atom stereocenters. The number of hydrogen-bond donors (Lipinski definition) is 0. The fourth-order valence-electron chi connectivity index (χ4n) is 4.20. The molecule has 1 aromatic heterocycles. The number of amides is 1. The maximum atomic E-state index is 13.0. The first-order valence-corrected chi connectivity index (χ1v) is 10.7. The van der Waals surface area contributed by atoms with Crippen molar-refractivity contribution in [1.82, 2.24) is 19.2 Å². The number of nitrogens with zero attached hydrogens (tertiary/aromatic N) is 4. The molecule has 8 heteroatoms. The fourth-order valence-corrected chi connectivity index (χ4v) is 4.20. The fraction of sp³-hybridized carbons (Fsp3) is 0.591. The summed E-state index contributed by atoms with van der Waals surface area (Å²) in [4.78, 5) is 27.7. The molecule has 1 saturated heterocycles. The lowest BCUT2D eigenvalue weighted by Crippen LogP contribution is -2.40. The van der Waals surface area contributed by atoms with Crippen molar-refractivity contribution < 1.29 is 14.3 Å². The molecule has 1 aromatic carbocycles. The summed E-state index contributed by atoms with van der Waals surface area (Å²) < 4.78 is 13.8. The quantitative estimate of drug-likeness (QED) is 0.660. The standard InChI is InChI=1S/C22H30N4O4/c1-29-12-11-25-22(28)26(18-8-9-18)21(23-25)17-6-4-10-24(15-17)20(27)14-16-5-3-7-19(13-16)30-2/h3,5,7,13,17-18H,4,6,8-12,14-15H2,1-2H3. The number of piperidine rings is 1. The van der Waals surface area contributed by atoms with Crippen LogP contribution in [0, 0.1) is 0 Å². The van der Waals surface area contributed by atoms with E-state index in [1.54, 1.807) is 14.2 Å². The van der Waals surface area contributed by atoms with Gasteiger partial charge in [0.05, 0.1) is 26.7 Å². The summed E-state index contributed by atoms with van der Waals surface area (Å²) in [7, 11) is 3.25. The molecule has 2 aliphatic rings. The Balaban J connectivity index is 1.49. The molecular formula is C22H30N4O4. The minimum absolute atomic E-state index is 0.0515.